The second kappa shape index (κ2) is 18.5. The molecule has 10 nitrogen and oxygen atoms in total. The van der Waals surface area contributed by atoms with E-state index in [0.717, 1.165) is 11.1 Å². The van der Waals surface area contributed by atoms with Crippen LogP contribution in [0.15, 0.2) is 89.8 Å². The predicted octanol–water partition coefficient (Wildman–Crippen LogP) is 4.24. The van der Waals surface area contributed by atoms with Crippen molar-refractivity contribution >= 4 is 21.8 Å². The molecule has 0 saturated heterocycles. The van der Waals surface area contributed by atoms with Crippen molar-refractivity contribution in [2.45, 2.75) is 76.1 Å². The van der Waals surface area contributed by atoms with E-state index in [1.54, 1.807) is 12.1 Å². The van der Waals surface area contributed by atoms with E-state index in [4.69, 9.17) is 4.74 Å². The zero-order valence-electron chi connectivity index (χ0n) is 27.9. The van der Waals surface area contributed by atoms with E-state index in [1.807, 2.05) is 81.4 Å². The number of hydrogen-bond acceptors (Lipinski definition) is 7. The molecule has 0 spiro atoms. The highest BCUT2D eigenvalue weighted by Crippen LogP contribution is 2.31. The summed E-state index contributed by atoms with van der Waals surface area (Å²) in [4.78, 5) is 25.1. The van der Waals surface area contributed by atoms with Gasteiger partial charge in [0.15, 0.2) is 0 Å². The highest BCUT2D eigenvalue weighted by molar-refractivity contribution is 7.89. The van der Waals surface area contributed by atoms with Crippen molar-refractivity contribution in [1.29, 1.82) is 0 Å². The molecule has 3 rings (SSSR count). The van der Waals surface area contributed by atoms with Crippen LogP contribution < -0.4 is 20.7 Å². The summed E-state index contributed by atoms with van der Waals surface area (Å²) in [5, 5.41) is 21.1. The molecule has 0 heterocycles. The van der Waals surface area contributed by atoms with Crippen molar-refractivity contribution in [3.8, 4) is 5.75 Å². The number of nitrogens with zero attached hydrogens (tertiary/aromatic N) is 1. The lowest BCUT2D eigenvalue weighted by atomic mass is 9.98. The molecule has 3 aromatic rings. The number of carbonyl (C=O) groups is 2. The average molecular weight is 667 g/mol. The van der Waals surface area contributed by atoms with Gasteiger partial charge in [0.05, 0.1) is 18.6 Å². The summed E-state index contributed by atoms with van der Waals surface area (Å²) in [6.45, 7) is 6.66. The molecule has 4 N–H and O–H groups in total. The van der Waals surface area contributed by atoms with E-state index in [2.05, 4.69) is 16.0 Å². The van der Waals surface area contributed by atoms with Crippen molar-refractivity contribution in [3.05, 3.63) is 96.1 Å². The molecule has 2 atom stereocenters. The summed E-state index contributed by atoms with van der Waals surface area (Å²) in [5.41, 5.74) is 0.0565. The maximum atomic E-state index is 14.0. The Labute approximate surface area is 280 Å². The van der Waals surface area contributed by atoms with Gasteiger partial charge < -0.3 is 25.8 Å². The Morgan fingerprint density at radius 2 is 1.51 bits per heavy atom. The molecule has 0 radical (unpaired) electrons. The first-order valence-corrected chi connectivity index (χ1v) is 17.6. The molecule has 0 fully saturated rings. The summed E-state index contributed by atoms with van der Waals surface area (Å²) in [6, 6.07) is 25.1. The Hall–Kier alpha value is -3.77. The molecular formula is C36H50N4O6S. The largest absolute Gasteiger partial charge is 0.497 e. The standard InChI is InChI=1S/C36H50N4O6S/c1-28(2)27-40(47(44,45)33-20-18-32(46-4)19-21-33)36(43,24-30-13-7-5-8-14-30)22-23-38-34(41)17-11-12-29(3)39-35(42)26-37-25-31-15-9-6-10-16-31/h5-10,13-16,18-21,28-29,37,43H,11-12,17,22-27H2,1-4H3,(H,38,41)(H,39,42). The quantitative estimate of drug-likeness (QED) is 0.132. The Bertz CT molecular complexity index is 1490. The first-order chi connectivity index (χ1) is 22.4. The van der Waals surface area contributed by atoms with Gasteiger partial charge in [-0.1, -0.05) is 74.5 Å². The minimum Gasteiger partial charge on any atom is -0.497 e. The van der Waals surface area contributed by atoms with Crippen LogP contribution in [0.4, 0.5) is 0 Å². The Balaban J connectivity index is 1.57. The third-order valence-corrected chi connectivity index (χ3v) is 9.66. The van der Waals surface area contributed by atoms with Gasteiger partial charge in [0.2, 0.25) is 21.8 Å². The van der Waals surface area contributed by atoms with Crippen LogP contribution in [0.25, 0.3) is 0 Å². The normalized spacial score (nSPS) is 13.6. The molecule has 0 saturated carbocycles. The topological polar surface area (TPSA) is 137 Å². The second-order valence-corrected chi connectivity index (χ2v) is 14.2. The van der Waals surface area contributed by atoms with E-state index in [9.17, 15) is 23.1 Å². The molecule has 3 aromatic carbocycles. The van der Waals surface area contributed by atoms with Crippen LogP contribution in [0.3, 0.4) is 0 Å². The van der Waals surface area contributed by atoms with Gasteiger partial charge >= 0.3 is 0 Å². The zero-order valence-corrected chi connectivity index (χ0v) is 28.8. The number of aliphatic hydroxyl groups is 1. The monoisotopic (exact) mass is 666 g/mol. The fraction of sp³-hybridized carbons (Fsp3) is 0.444. The molecule has 256 valence electrons. The minimum atomic E-state index is -4.13. The van der Waals surface area contributed by atoms with Crippen LogP contribution in [0.1, 0.15) is 57.6 Å². The van der Waals surface area contributed by atoms with Gasteiger partial charge in [-0.25, -0.2) is 8.42 Å². The fourth-order valence-electron chi connectivity index (χ4n) is 5.30. The average Bonchev–Trinajstić information content (AvgIpc) is 3.04. The summed E-state index contributed by atoms with van der Waals surface area (Å²) in [7, 11) is -2.62. The molecule has 2 amide bonds. The Morgan fingerprint density at radius 3 is 2.11 bits per heavy atom. The number of amides is 2. The SMILES string of the molecule is COc1ccc(S(=O)(=O)N(CC(C)C)C(O)(CCNC(=O)CCCC(C)NC(=O)CNCc2ccccc2)Cc2ccccc2)cc1. The van der Waals surface area contributed by atoms with Gasteiger partial charge in [0.1, 0.15) is 11.5 Å². The lowest BCUT2D eigenvalue weighted by Gasteiger charge is -2.40. The van der Waals surface area contributed by atoms with Gasteiger partial charge in [-0.2, -0.15) is 4.31 Å². The summed E-state index contributed by atoms with van der Waals surface area (Å²) in [6.07, 6.45) is 1.45. The number of rotatable bonds is 20. The number of benzene rings is 3. The molecule has 11 heteroatoms. The summed E-state index contributed by atoms with van der Waals surface area (Å²) in [5.74, 6) is 0.130. The van der Waals surface area contributed by atoms with Crippen LogP contribution >= 0.6 is 0 Å². The van der Waals surface area contributed by atoms with Crippen molar-refractivity contribution in [2.75, 3.05) is 26.7 Å². The highest BCUT2D eigenvalue weighted by atomic mass is 32.2. The first-order valence-electron chi connectivity index (χ1n) is 16.2. The first kappa shape index (κ1) is 37.7. The van der Waals surface area contributed by atoms with Crippen molar-refractivity contribution in [2.24, 2.45) is 5.92 Å². The minimum absolute atomic E-state index is 0.0157. The van der Waals surface area contributed by atoms with E-state index < -0.39 is 15.7 Å². The number of nitrogens with one attached hydrogen (secondary N) is 3. The highest BCUT2D eigenvalue weighted by Gasteiger charge is 2.43. The Morgan fingerprint density at radius 1 is 0.894 bits per heavy atom. The molecule has 0 aliphatic heterocycles. The second-order valence-electron chi connectivity index (χ2n) is 12.3. The van der Waals surface area contributed by atoms with Crippen LogP contribution in [0.2, 0.25) is 0 Å². The van der Waals surface area contributed by atoms with Gasteiger partial charge in [0, 0.05) is 44.9 Å². The van der Waals surface area contributed by atoms with Crippen LogP contribution in [0, 0.1) is 5.92 Å². The maximum absolute atomic E-state index is 14.0. The van der Waals surface area contributed by atoms with Crippen molar-refractivity contribution in [1.82, 2.24) is 20.3 Å². The van der Waals surface area contributed by atoms with E-state index in [-0.39, 0.29) is 67.6 Å². The zero-order chi connectivity index (χ0) is 34.3. The van der Waals surface area contributed by atoms with E-state index in [0.29, 0.717) is 25.1 Å². The van der Waals surface area contributed by atoms with Crippen LogP contribution in [-0.2, 0) is 32.6 Å². The Kier molecular flexibility index (Phi) is 14.9. The van der Waals surface area contributed by atoms with Gasteiger partial charge in [0.25, 0.3) is 0 Å². The van der Waals surface area contributed by atoms with E-state index in [1.165, 1.54) is 23.5 Å². The summed E-state index contributed by atoms with van der Waals surface area (Å²) >= 11 is 0. The number of hydrogen-bond donors (Lipinski definition) is 4. The maximum Gasteiger partial charge on any atom is 0.245 e. The molecular weight excluding hydrogens is 616 g/mol. The molecule has 2 unspecified atom stereocenters. The molecule has 0 aliphatic rings. The fourth-order valence-corrected chi connectivity index (χ4v) is 7.13. The smallest absolute Gasteiger partial charge is 0.245 e. The lowest BCUT2D eigenvalue weighted by Crippen LogP contribution is -2.55. The number of ether oxygens (including phenoxy) is 1. The van der Waals surface area contributed by atoms with Crippen molar-refractivity contribution in [3.63, 3.8) is 0 Å². The van der Waals surface area contributed by atoms with Gasteiger partial charge in [-0.05, 0) is 61.1 Å². The third-order valence-electron chi connectivity index (χ3n) is 7.73. The third kappa shape index (κ3) is 12.4. The molecule has 0 aliphatic carbocycles. The number of methoxy groups -OCH3 is 1. The predicted molar refractivity (Wildman–Crippen MR) is 184 cm³/mol. The van der Waals surface area contributed by atoms with Gasteiger partial charge in [-0.15, -0.1) is 0 Å². The van der Waals surface area contributed by atoms with Gasteiger partial charge in [-0.3, -0.25) is 9.59 Å². The summed E-state index contributed by atoms with van der Waals surface area (Å²) < 4.78 is 34.4. The van der Waals surface area contributed by atoms with Crippen molar-refractivity contribution < 1.29 is 27.9 Å². The number of carbonyl (C=O) groups excluding carboxylic acids is 2. The molecule has 47 heavy (non-hydrogen) atoms. The molecule has 0 aromatic heterocycles. The lowest BCUT2D eigenvalue weighted by molar-refractivity contribution is -0.122. The van der Waals surface area contributed by atoms with E-state index >= 15 is 0 Å². The van der Waals surface area contributed by atoms with Crippen LogP contribution in [0.5, 0.6) is 5.75 Å². The van der Waals surface area contributed by atoms with Crippen LogP contribution in [-0.4, -0.2) is 68.2 Å². The molecule has 0 bridgehead atoms. The number of sulfonamides is 1.